The first kappa shape index (κ1) is 20.4. The molecular weight excluding hydrogens is 376 g/mol. The number of esters is 1. The van der Waals surface area contributed by atoms with Crippen molar-refractivity contribution in [3.63, 3.8) is 0 Å². The van der Waals surface area contributed by atoms with Crippen LogP contribution >= 0.6 is 11.3 Å². The van der Waals surface area contributed by atoms with Gasteiger partial charge < -0.3 is 14.8 Å². The molecule has 6 nitrogen and oxygen atoms in total. The lowest BCUT2D eigenvalue weighted by atomic mass is 10.0. The van der Waals surface area contributed by atoms with Crippen molar-refractivity contribution in [1.29, 1.82) is 0 Å². The Balaban J connectivity index is 1.79. The fourth-order valence-corrected chi connectivity index (χ4v) is 4.37. The predicted octanol–water partition coefficient (Wildman–Crippen LogP) is 4.02. The molecule has 1 aliphatic heterocycles. The SMILES string of the molecule is COC(=O)c1c(-c2ccc(OC)cc2)csc1NC(=O)CN1CCCCCC1. The molecule has 0 aliphatic carbocycles. The number of nitrogens with one attached hydrogen (secondary N) is 1. The molecule has 2 heterocycles. The number of carbonyl (C=O) groups excluding carboxylic acids is 2. The summed E-state index contributed by atoms with van der Waals surface area (Å²) in [6.07, 6.45) is 4.70. The van der Waals surface area contributed by atoms with Crippen LogP contribution in [-0.2, 0) is 9.53 Å². The van der Waals surface area contributed by atoms with E-state index >= 15 is 0 Å². The molecule has 0 bridgehead atoms. The van der Waals surface area contributed by atoms with Crippen molar-refractivity contribution in [3.8, 4) is 16.9 Å². The number of anilines is 1. The Bertz CT molecular complexity index is 808. The summed E-state index contributed by atoms with van der Waals surface area (Å²) in [5.41, 5.74) is 2.00. The summed E-state index contributed by atoms with van der Waals surface area (Å²) in [6.45, 7) is 2.23. The second-order valence-corrected chi connectivity index (χ2v) is 7.69. The third kappa shape index (κ3) is 4.91. The van der Waals surface area contributed by atoms with Gasteiger partial charge in [0.15, 0.2) is 0 Å². The van der Waals surface area contributed by atoms with E-state index in [1.54, 1.807) is 7.11 Å². The standard InChI is InChI=1S/C21H26N2O4S/c1-26-16-9-7-15(8-10-16)17-14-28-20(19(17)21(25)27-2)22-18(24)13-23-11-5-3-4-6-12-23/h7-10,14H,3-6,11-13H2,1-2H3,(H,22,24). The number of hydrogen-bond acceptors (Lipinski definition) is 6. The summed E-state index contributed by atoms with van der Waals surface area (Å²) >= 11 is 1.34. The first-order chi connectivity index (χ1) is 13.6. The number of nitrogens with zero attached hydrogens (tertiary/aromatic N) is 1. The van der Waals surface area contributed by atoms with Gasteiger partial charge in [0.1, 0.15) is 16.3 Å². The Labute approximate surface area is 169 Å². The van der Waals surface area contributed by atoms with Crippen LogP contribution in [0.2, 0.25) is 0 Å². The van der Waals surface area contributed by atoms with E-state index in [9.17, 15) is 9.59 Å². The molecule has 7 heteroatoms. The minimum Gasteiger partial charge on any atom is -0.497 e. The van der Waals surface area contributed by atoms with E-state index in [1.807, 2.05) is 29.6 Å². The van der Waals surface area contributed by atoms with Crippen molar-refractivity contribution < 1.29 is 19.1 Å². The van der Waals surface area contributed by atoms with Gasteiger partial charge in [-0.3, -0.25) is 9.69 Å². The van der Waals surface area contributed by atoms with E-state index in [0.717, 1.165) is 42.8 Å². The van der Waals surface area contributed by atoms with Gasteiger partial charge >= 0.3 is 5.97 Å². The molecule has 1 saturated heterocycles. The average Bonchev–Trinajstić information content (AvgIpc) is 2.95. The van der Waals surface area contributed by atoms with Crippen LogP contribution in [0.15, 0.2) is 29.6 Å². The molecular formula is C21H26N2O4S. The quantitative estimate of drug-likeness (QED) is 0.739. The topological polar surface area (TPSA) is 67.9 Å². The van der Waals surface area contributed by atoms with Gasteiger partial charge in [0, 0.05) is 10.9 Å². The summed E-state index contributed by atoms with van der Waals surface area (Å²) in [6, 6.07) is 7.45. The molecule has 2 aromatic rings. The molecule has 0 saturated carbocycles. The lowest BCUT2D eigenvalue weighted by Crippen LogP contribution is -2.34. The van der Waals surface area contributed by atoms with Gasteiger partial charge in [-0.25, -0.2) is 4.79 Å². The fraction of sp³-hybridized carbons (Fsp3) is 0.429. The highest BCUT2D eigenvalue weighted by Crippen LogP contribution is 2.36. The number of hydrogen-bond donors (Lipinski definition) is 1. The number of likely N-dealkylation sites (tertiary alicyclic amines) is 1. The molecule has 1 N–H and O–H groups in total. The Kier molecular flexibility index (Phi) is 7.06. The molecule has 0 spiro atoms. The van der Waals surface area contributed by atoms with Crippen LogP contribution in [0.3, 0.4) is 0 Å². The summed E-state index contributed by atoms with van der Waals surface area (Å²) in [5.74, 6) is 0.178. The van der Waals surface area contributed by atoms with Gasteiger partial charge in [-0.1, -0.05) is 25.0 Å². The highest BCUT2D eigenvalue weighted by atomic mass is 32.1. The van der Waals surface area contributed by atoms with Crippen molar-refractivity contribution >= 4 is 28.2 Å². The van der Waals surface area contributed by atoms with Crippen LogP contribution < -0.4 is 10.1 Å². The zero-order valence-electron chi connectivity index (χ0n) is 16.3. The van der Waals surface area contributed by atoms with Crippen LogP contribution in [-0.4, -0.2) is 50.6 Å². The van der Waals surface area contributed by atoms with Gasteiger partial charge in [0.2, 0.25) is 5.91 Å². The minimum absolute atomic E-state index is 0.102. The Morgan fingerprint density at radius 1 is 1.07 bits per heavy atom. The van der Waals surface area contributed by atoms with E-state index in [0.29, 0.717) is 17.1 Å². The largest absolute Gasteiger partial charge is 0.497 e. The zero-order chi connectivity index (χ0) is 19.9. The van der Waals surface area contributed by atoms with Crippen LogP contribution in [0, 0.1) is 0 Å². The summed E-state index contributed by atoms with van der Waals surface area (Å²) in [4.78, 5) is 27.2. The monoisotopic (exact) mass is 402 g/mol. The molecule has 1 aromatic heterocycles. The molecule has 28 heavy (non-hydrogen) atoms. The number of methoxy groups -OCH3 is 2. The Hall–Kier alpha value is -2.38. The van der Waals surface area contributed by atoms with Crippen LogP contribution in [0.1, 0.15) is 36.0 Å². The lowest BCUT2D eigenvalue weighted by molar-refractivity contribution is -0.117. The number of benzene rings is 1. The molecule has 3 rings (SSSR count). The first-order valence-corrected chi connectivity index (χ1v) is 10.4. The van der Waals surface area contributed by atoms with Crippen molar-refractivity contribution in [2.45, 2.75) is 25.7 Å². The number of rotatable bonds is 6. The van der Waals surface area contributed by atoms with E-state index in [4.69, 9.17) is 9.47 Å². The number of carbonyl (C=O) groups is 2. The van der Waals surface area contributed by atoms with Crippen LogP contribution in [0.4, 0.5) is 5.00 Å². The second-order valence-electron chi connectivity index (χ2n) is 6.81. The van der Waals surface area contributed by atoms with Crippen molar-refractivity contribution in [2.24, 2.45) is 0 Å². The van der Waals surface area contributed by atoms with E-state index in [1.165, 1.54) is 31.3 Å². The third-order valence-corrected chi connectivity index (χ3v) is 5.80. The maximum atomic E-state index is 12.6. The number of thiophene rings is 1. The maximum absolute atomic E-state index is 12.6. The van der Waals surface area contributed by atoms with Gasteiger partial charge in [-0.05, 0) is 43.6 Å². The van der Waals surface area contributed by atoms with Crippen LogP contribution in [0.5, 0.6) is 5.75 Å². The Morgan fingerprint density at radius 3 is 2.36 bits per heavy atom. The molecule has 1 aromatic carbocycles. The molecule has 0 unspecified atom stereocenters. The third-order valence-electron chi connectivity index (χ3n) is 4.90. The summed E-state index contributed by atoms with van der Waals surface area (Å²) in [5, 5.41) is 5.31. The molecule has 1 aliphatic rings. The minimum atomic E-state index is -0.461. The second kappa shape index (κ2) is 9.71. The van der Waals surface area contributed by atoms with E-state index in [2.05, 4.69) is 10.2 Å². The Morgan fingerprint density at radius 2 is 1.75 bits per heavy atom. The van der Waals surface area contributed by atoms with Crippen molar-refractivity contribution in [3.05, 3.63) is 35.2 Å². The normalized spacial score (nSPS) is 14.9. The molecule has 0 atom stereocenters. The van der Waals surface area contributed by atoms with Gasteiger partial charge in [-0.2, -0.15) is 0 Å². The van der Waals surface area contributed by atoms with Gasteiger partial charge in [0.25, 0.3) is 0 Å². The molecule has 150 valence electrons. The molecule has 1 fully saturated rings. The van der Waals surface area contributed by atoms with Crippen molar-refractivity contribution in [2.75, 3.05) is 39.2 Å². The van der Waals surface area contributed by atoms with Crippen molar-refractivity contribution in [1.82, 2.24) is 4.90 Å². The van der Waals surface area contributed by atoms with E-state index < -0.39 is 5.97 Å². The highest BCUT2D eigenvalue weighted by molar-refractivity contribution is 7.15. The smallest absolute Gasteiger partial charge is 0.341 e. The first-order valence-electron chi connectivity index (χ1n) is 9.49. The zero-order valence-corrected chi connectivity index (χ0v) is 17.1. The van der Waals surface area contributed by atoms with Gasteiger partial charge in [-0.15, -0.1) is 11.3 Å². The highest BCUT2D eigenvalue weighted by Gasteiger charge is 2.23. The molecule has 0 radical (unpaired) electrons. The van der Waals surface area contributed by atoms with Crippen LogP contribution in [0.25, 0.3) is 11.1 Å². The fourth-order valence-electron chi connectivity index (χ4n) is 3.40. The number of ether oxygens (including phenoxy) is 2. The maximum Gasteiger partial charge on any atom is 0.341 e. The lowest BCUT2D eigenvalue weighted by Gasteiger charge is -2.18. The van der Waals surface area contributed by atoms with E-state index in [-0.39, 0.29) is 5.91 Å². The predicted molar refractivity (Wildman–Crippen MR) is 111 cm³/mol. The number of amides is 1. The van der Waals surface area contributed by atoms with Gasteiger partial charge in [0.05, 0.1) is 20.8 Å². The average molecular weight is 403 g/mol. The summed E-state index contributed by atoms with van der Waals surface area (Å²) < 4.78 is 10.2. The molecule has 1 amide bonds. The summed E-state index contributed by atoms with van der Waals surface area (Å²) in [7, 11) is 2.96.